The minimum Gasteiger partial charge on any atom is -0.507 e. The van der Waals surface area contributed by atoms with E-state index in [1.807, 2.05) is 45.0 Å². The highest BCUT2D eigenvalue weighted by atomic mass is 16.3. The molecule has 2 rings (SSSR count). The molecule has 0 radical (unpaired) electrons. The van der Waals surface area contributed by atoms with E-state index in [0.717, 1.165) is 33.4 Å². The van der Waals surface area contributed by atoms with Gasteiger partial charge < -0.3 is 15.5 Å². The molecular weight excluding hydrogens is 542 g/mol. The standard InChI is InChI=1S/C35H53N3O5/c1-21(39)37-38-29(41)16-14-23-18-25(33(5,6)7)31(43)27(20-23)35(10,11)34(8,9)26-19-22(13-15-28(40)36-12)17-24(30(26)42)32(2,3)4/h17-20,42-43H,13-16H2,1-12H3,(H,36,40)(H,37,39)(H,38,41). The molecule has 0 bridgehead atoms. The lowest BCUT2D eigenvalue weighted by Gasteiger charge is -2.45. The summed E-state index contributed by atoms with van der Waals surface area (Å²) >= 11 is 0. The molecule has 0 aliphatic carbocycles. The molecule has 0 fully saturated rings. The number of aryl methyl sites for hydroxylation is 2. The zero-order valence-corrected chi connectivity index (χ0v) is 28.3. The highest BCUT2D eigenvalue weighted by molar-refractivity contribution is 5.80. The number of carbonyl (C=O) groups excluding carboxylic acids is 3. The number of aromatic hydroxyl groups is 2. The number of phenols is 2. The highest BCUT2D eigenvalue weighted by Crippen LogP contribution is 2.52. The lowest BCUT2D eigenvalue weighted by atomic mass is 9.59. The molecule has 238 valence electrons. The minimum atomic E-state index is -0.697. The van der Waals surface area contributed by atoms with Crippen molar-refractivity contribution in [2.75, 3.05) is 7.05 Å². The van der Waals surface area contributed by atoms with Gasteiger partial charge in [0.05, 0.1) is 0 Å². The zero-order chi connectivity index (χ0) is 33.1. The molecule has 3 amide bonds. The monoisotopic (exact) mass is 595 g/mol. The topological polar surface area (TPSA) is 128 Å². The van der Waals surface area contributed by atoms with Crippen molar-refractivity contribution in [2.24, 2.45) is 0 Å². The van der Waals surface area contributed by atoms with Crippen LogP contribution in [-0.4, -0.2) is 35.0 Å². The average Bonchev–Trinajstić information content (AvgIpc) is 2.88. The third-order valence-electron chi connectivity index (χ3n) is 8.80. The Bertz CT molecular complexity index is 1360. The summed E-state index contributed by atoms with van der Waals surface area (Å²) < 4.78 is 0. The first-order valence-corrected chi connectivity index (χ1v) is 15.0. The van der Waals surface area contributed by atoms with Crippen molar-refractivity contribution in [2.45, 2.75) is 124 Å². The van der Waals surface area contributed by atoms with Crippen molar-refractivity contribution in [3.05, 3.63) is 57.6 Å². The van der Waals surface area contributed by atoms with Gasteiger partial charge in [-0.05, 0) is 45.9 Å². The number of amides is 3. The van der Waals surface area contributed by atoms with Gasteiger partial charge in [-0.15, -0.1) is 0 Å². The second-order valence-electron chi connectivity index (χ2n) is 14.7. The van der Waals surface area contributed by atoms with Crippen LogP contribution in [0.1, 0.15) is 122 Å². The third kappa shape index (κ3) is 8.30. The number of hydrogen-bond donors (Lipinski definition) is 5. The molecule has 0 aliphatic heterocycles. The van der Waals surface area contributed by atoms with Gasteiger partial charge in [0.2, 0.25) is 17.7 Å². The predicted molar refractivity (Wildman–Crippen MR) is 172 cm³/mol. The Morgan fingerprint density at radius 1 is 0.605 bits per heavy atom. The minimum absolute atomic E-state index is 0.0475. The van der Waals surface area contributed by atoms with Gasteiger partial charge >= 0.3 is 0 Å². The maximum Gasteiger partial charge on any atom is 0.238 e. The molecular formula is C35H53N3O5. The van der Waals surface area contributed by atoms with Gasteiger partial charge in [-0.2, -0.15) is 0 Å². The smallest absolute Gasteiger partial charge is 0.238 e. The first kappa shape index (κ1) is 35.6. The molecule has 0 atom stereocenters. The molecule has 0 heterocycles. The van der Waals surface area contributed by atoms with Gasteiger partial charge in [0, 0.05) is 48.8 Å². The maximum absolute atomic E-state index is 12.4. The Balaban J connectivity index is 2.72. The van der Waals surface area contributed by atoms with E-state index in [4.69, 9.17) is 0 Å². The Morgan fingerprint density at radius 2 is 0.953 bits per heavy atom. The van der Waals surface area contributed by atoms with Crippen LogP contribution in [0.2, 0.25) is 0 Å². The highest BCUT2D eigenvalue weighted by Gasteiger charge is 2.44. The number of nitrogens with one attached hydrogen (secondary N) is 3. The van der Waals surface area contributed by atoms with Crippen molar-refractivity contribution in [3.8, 4) is 11.5 Å². The average molecular weight is 596 g/mol. The second-order valence-corrected chi connectivity index (χ2v) is 14.7. The van der Waals surface area contributed by atoms with E-state index in [1.165, 1.54) is 6.92 Å². The Hall–Kier alpha value is -3.55. The lowest BCUT2D eigenvalue weighted by Crippen LogP contribution is -2.41. The summed E-state index contributed by atoms with van der Waals surface area (Å²) in [7, 11) is 1.62. The fourth-order valence-corrected chi connectivity index (χ4v) is 5.31. The second kappa shape index (κ2) is 13.0. The van der Waals surface area contributed by atoms with Gasteiger partial charge in [-0.3, -0.25) is 25.2 Å². The molecule has 8 heteroatoms. The van der Waals surface area contributed by atoms with Gasteiger partial charge in [-0.25, -0.2) is 0 Å². The third-order valence-corrected chi connectivity index (χ3v) is 8.80. The van der Waals surface area contributed by atoms with Crippen LogP contribution in [0, 0.1) is 0 Å². The first-order valence-electron chi connectivity index (χ1n) is 15.0. The number of hydrazine groups is 1. The Kier molecular flexibility index (Phi) is 10.8. The van der Waals surface area contributed by atoms with Gasteiger partial charge in [0.15, 0.2) is 0 Å². The normalized spacial score (nSPS) is 12.6. The Morgan fingerprint density at radius 3 is 1.28 bits per heavy atom. The summed E-state index contributed by atoms with van der Waals surface area (Å²) in [6.07, 6.45) is 1.43. The first-order chi connectivity index (χ1) is 19.5. The molecule has 0 unspecified atom stereocenters. The van der Waals surface area contributed by atoms with Gasteiger partial charge in [-0.1, -0.05) is 93.5 Å². The van der Waals surface area contributed by atoms with E-state index in [1.54, 1.807) is 7.05 Å². The fraction of sp³-hybridized carbons (Fsp3) is 0.571. The van der Waals surface area contributed by atoms with Crippen LogP contribution in [0.5, 0.6) is 11.5 Å². The van der Waals surface area contributed by atoms with Crippen LogP contribution in [0.25, 0.3) is 0 Å². The van der Waals surface area contributed by atoms with Crippen molar-refractivity contribution in [1.82, 2.24) is 16.2 Å². The molecule has 0 spiro atoms. The fourth-order valence-electron chi connectivity index (χ4n) is 5.31. The van der Waals surface area contributed by atoms with Crippen LogP contribution in [-0.2, 0) is 48.9 Å². The predicted octanol–water partition coefficient (Wildman–Crippen LogP) is 5.73. The number of phenolic OH excluding ortho intramolecular Hbond substituents is 2. The maximum atomic E-state index is 12.4. The molecule has 0 aromatic heterocycles. The van der Waals surface area contributed by atoms with Crippen molar-refractivity contribution >= 4 is 17.7 Å². The number of hydrogen-bond acceptors (Lipinski definition) is 5. The largest absolute Gasteiger partial charge is 0.507 e. The number of benzene rings is 2. The molecule has 5 N–H and O–H groups in total. The molecule has 2 aromatic rings. The quantitative estimate of drug-likeness (QED) is 0.237. The summed E-state index contributed by atoms with van der Waals surface area (Å²) in [4.78, 5) is 35.6. The lowest BCUT2D eigenvalue weighted by molar-refractivity contribution is -0.127. The Labute approximate surface area is 258 Å². The van der Waals surface area contributed by atoms with Gasteiger partial charge in [0.1, 0.15) is 11.5 Å². The summed E-state index contributed by atoms with van der Waals surface area (Å²) in [6.45, 7) is 21.9. The van der Waals surface area contributed by atoms with E-state index in [2.05, 4.69) is 64.6 Å². The number of carbonyl (C=O) groups is 3. The molecule has 2 aromatic carbocycles. The van der Waals surface area contributed by atoms with Crippen LogP contribution in [0.3, 0.4) is 0 Å². The molecule has 0 saturated carbocycles. The van der Waals surface area contributed by atoms with E-state index < -0.39 is 10.8 Å². The SMILES string of the molecule is CNC(=O)CCc1cc(C(C)(C)C)c(O)c(C(C)(C)C(C)(C)c2cc(CCC(=O)NNC(C)=O)cc(C(C)(C)C)c2O)c1. The van der Waals surface area contributed by atoms with Crippen LogP contribution in [0.4, 0.5) is 0 Å². The van der Waals surface area contributed by atoms with E-state index >= 15 is 0 Å². The molecule has 0 saturated heterocycles. The van der Waals surface area contributed by atoms with Crippen LogP contribution in [0.15, 0.2) is 24.3 Å². The molecule has 43 heavy (non-hydrogen) atoms. The molecule has 8 nitrogen and oxygen atoms in total. The summed E-state index contributed by atoms with van der Waals surface area (Å²) in [5.41, 5.74) is 7.50. The van der Waals surface area contributed by atoms with Gasteiger partial charge in [0.25, 0.3) is 0 Å². The van der Waals surface area contributed by atoms with E-state index in [0.29, 0.717) is 19.3 Å². The summed E-state index contributed by atoms with van der Waals surface area (Å²) in [5, 5.41) is 26.2. The van der Waals surface area contributed by atoms with Crippen molar-refractivity contribution in [3.63, 3.8) is 0 Å². The van der Waals surface area contributed by atoms with Crippen molar-refractivity contribution in [1.29, 1.82) is 0 Å². The van der Waals surface area contributed by atoms with Crippen molar-refractivity contribution < 1.29 is 24.6 Å². The van der Waals surface area contributed by atoms with E-state index in [-0.39, 0.29) is 46.5 Å². The summed E-state index contributed by atoms with van der Waals surface area (Å²) in [6, 6.07) is 7.89. The zero-order valence-electron chi connectivity index (χ0n) is 28.3. The van der Waals surface area contributed by atoms with Crippen LogP contribution < -0.4 is 16.2 Å². The van der Waals surface area contributed by atoms with Crippen LogP contribution >= 0.6 is 0 Å². The van der Waals surface area contributed by atoms with E-state index in [9.17, 15) is 24.6 Å². The number of rotatable bonds is 9. The molecule has 0 aliphatic rings. The summed E-state index contributed by atoms with van der Waals surface area (Å²) in [5.74, 6) is -0.294.